The third-order valence-electron chi connectivity index (χ3n) is 2.12. The quantitative estimate of drug-likeness (QED) is 0.490. The molecule has 0 saturated carbocycles. The van der Waals surface area contributed by atoms with E-state index < -0.39 is 24.1 Å². The molecule has 1 aromatic carbocycles. The van der Waals surface area contributed by atoms with Crippen LogP contribution < -0.4 is 16.4 Å². The molecular formula is C11H10ClN3O4. The topological polar surface area (TPSA) is 118 Å². The molecule has 4 N–H and O–H groups in total. The van der Waals surface area contributed by atoms with Gasteiger partial charge in [0.15, 0.2) is 0 Å². The van der Waals surface area contributed by atoms with E-state index in [4.69, 9.17) is 17.3 Å². The van der Waals surface area contributed by atoms with Crippen molar-refractivity contribution >= 4 is 41.3 Å². The fraction of sp³-hybridized carbons (Fsp3) is 0.0909. The average molecular weight is 284 g/mol. The molecule has 1 aromatic rings. The lowest BCUT2D eigenvalue weighted by Crippen LogP contribution is -2.36. The number of ketones is 1. The molecule has 8 heteroatoms. The zero-order valence-electron chi connectivity index (χ0n) is 9.60. The van der Waals surface area contributed by atoms with E-state index in [9.17, 15) is 19.2 Å². The van der Waals surface area contributed by atoms with Gasteiger partial charge in [-0.3, -0.25) is 19.2 Å². The molecule has 0 spiro atoms. The highest BCUT2D eigenvalue weighted by Gasteiger charge is 2.15. The normalized spacial score (nSPS) is 9.53. The molecule has 0 fully saturated rings. The minimum Gasteiger partial charge on any atom is -0.363 e. The van der Waals surface area contributed by atoms with Gasteiger partial charge in [-0.2, -0.15) is 0 Å². The van der Waals surface area contributed by atoms with Crippen LogP contribution in [0.2, 0.25) is 5.02 Å². The van der Waals surface area contributed by atoms with Gasteiger partial charge >= 0.3 is 0 Å². The van der Waals surface area contributed by atoms with E-state index in [-0.39, 0.29) is 16.3 Å². The molecule has 19 heavy (non-hydrogen) atoms. The second kappa shape index (κ2) is 6.50. The first-order valence-electron chi connectivity index (χ1n) is 5.06. The van der Waals surface area contributed by atoms with Crippen molar-refractivity contribution in [2.45, 2.75) is 0 Å². The van der Waals surface area contributed by atoms with Crippen molar-refractivity contribution in [2.75, 3.05) is 11.9 Å². The summed E-state index contributed by atoms with van der Waals surface area (Å²) in [5, 5.41) is 4.80. The molecular weight excluding hydrogens is 274 g/mol. The molecule has 0 unspecified atom stereocenters. The summed E-state index contributed by atoms with van der Waals surface area (Å²) in [7, 11) is 0. The van der Waals surface area contributed by atoms with E-state index in [1.165, 1.54) is 18.2 Å². The number of nitrogens with one attached hydrogen (secondary N) is 2. The number of benzene rings is 1. The molecule has 0 radical (unpaired) electrons. The van der Waals surface area contributed by atoms with Gasteiger partial charge < -0.3 is 16.4 Å². The highest BCUT2D eigenvalue weighted by molar-refractivity contribution is 6.36. The minimum atomic E-state index is -1.14. The first-order valence-corrected chi connectivity index (χ1v) is 5.44. The fourth-order valence-corrected chi connectivity index (χ4v) is 1.41. The monoisotopic (exact) mass is 283 g/mol. The number of anilines is 1. The molecule has 7 nitrogen and oxygen atoms in total. The van der Waals surface area contributed by atoms with Gasteiger partial charge in [0, 0.05) is 5.02 Å². The fourth-order valence-electron chi connectivity index (χ4n) is 1.24. The van der Waals surface area contributed by atoms with Crippen LogP contribution in [0.3, 0.4) is 0 Å². The van der Waals surface area contributed by atoms with Gasteiger partial charge in [0.05, 0.1) is 17.8 Å². The first-order chi connectivity index (χ1) is 8.95. The second-order valence-electron chi connectivity index (χ2n) is 3.42. The molecule has 1 rings (SSSR count). The number of halogens is 1. The smallest absolute Gasteiger partial charge is 0.286 e. The largest absolute Gasteiger partial charge is 0.363 e. The molecule has 0 heterocycles. The highest BCUT2D eigenvalue weighted by atomic mass is 35.5. The van der Waals surface area contributed by atoms with Gasteiger partial charge in [-0.05, 0) is 18.2 Å². The van der Waals surface area contributed by atoms with Crippen molar-refractivity contribution in [2.24, 2.45) is 5.73 Å². The number of amides is 3. The molecule has 0 aromatic heterocycles. The summed E-state index contributed by atoms with van der Waals surface area (Å²) < 4.78 is 0. The first kappa shape index (κ1) is 14.7. The third-order valence-corrected chi connectivity index (χ3v) is 2.36. The molecule has 3 amide bonds. The maximum atomic E-state index is 11.8. The van der Waals surface area contributed by atoms with Crippen molar-refractivity contribution < 1.29 is 19.2 Å². The SMILES string of the molecule is NC(=O)C(=O)CNC(=O)c1cc(Cl)ccc1NC=O. The number of carbonyl (C=O) groups is 4. The Bertz CT molecular complexity index is 545. The Morgan fingerprint density at radius 3 is 2.58 bits per heavy atom. The van der Waals surface area contributed by atoms with Crippen molar-refractivity contribution in [3.05, 3.63) is 28.8 Å². The molecule has 0 aliphatic heterocycles. The van der Waals surface area contributed by atoms with Crippen molar-refractivity contribution in [1.82, 2.24) is 5.32 Å². The number of hydrogen-bond acceptors (Lipinski definition) is 4. The van der Waals surface area contributed by atoms with E-state index in [1.54, 1.807) is 0 Å². The number of primary amides is 1. The van der Waals surface area contributed by atoms with Crippen molar-refractivity contribution in [3.8, 4) is 0 Å². The standard InChI is InChI=1S/C11H10ClN3O4/c12-6-1-2-8(15-5-16)7(3-6)11(19)14-4-9(17)10(13)18/h1-3,5H,4H2,(H2,13,18)(H,14,19)(H,15,16). The summed E-state index contributed by atoms with van der Waals surface area (Å²) in [5.41, 5.74) is 5.03. The van der Waals surface area contributed by atoms with E-state index in [0.29, 0.717) is 6.41 Å². The Hall–Kier alpha value is -2.41. The van der Waals surface area contributed by atoms with Crippen LogP contribution in [0.15, 0.2) is 18.2 Å². The van der Waals surface area contributed by atoms with Gasteiger partial charge in [0.2, 0.25) is 12.2 Å². The zero-order chi connectivity index (χ0) is 14.4. The van der Waals surface area contributed by atoms with Crippen LogP contribution in [0.1, 0.15) is 10.4 Å². The number of rotatable bonds is 6. The van der Waals surface area contributed by atoms with Crippen LogP contribution in [0.25, 0.3) is 0 Å². The zero-order valence-corrected chi connectivity index (χ0v) is 10.4. The maximum Gasteiger partial charge on any atom is 0.286 e. The lowest BCUT2D eigenvalue weighted by molar-refractivity contribution is -0.135. The van der Waals surface area contributed by atoms with Crippen molar-refractivity contribution in [1.29, 1.82) is 0 Å². The lowest BCUT2D eigenvalue weighted by Gasteiger charge is -2.08. The van der Waals surface area contributed by atoms with Crippen molar-refractivity contribution in [3.63, 3.8) is 0 Å². The molecule has 100 valence electrons. The number of hydrogen-bond donors (Lipinski definition) is 3. The van der Waals surface area contributed by atoms with Gasteiger partial charge in [-0.1, -0.05) is 11.6 Å². The van der Waals surface area contributed by atoms with Crippen LogP contribution in [0, 0.1) is 0 Å². The number of nitrogens with two attached hydrogens (primary N) is 1. The predicted molar refractivity (Wildman–Crippen MR) is 67.7 cm³/mol. The van der Waals surface area contributed by atoms with E-state index in [2.05, 4.69) is 10.6 Å². The lowest BCUT2D eigenvalue weighted by atomic mass is 10.1. The summed E-state index contributed by atoms with van der Waals surface area (Å²) in [5.74, 6) is -2.74. The number of carbonyl (C=O) groups excluding carboxylic acids is 4. The Morgan fingerprint density at radius 1 is 1.32 bits per heavy atom. The van der Waals surface area contributed by atoms with E-state index in [0.717, 1.165) is 0 Å². The predicted octanol–water partition coefficient (Wildman–Crippen LogP) is -0.307. The Balaban J connectivity index is 2.86. The van der Waals surface area contributed by atoms with Crippen LogP contribution in [0.5, 0.6) is 0 Å². The van der Waals surface area contributed by atoms with Gasteiger partial charge in [-0.15, -0.1) is 0 Å². The second-order valence-corrected chi connectivity index (χ2v) is 3.86. The van der Waals surface area contributed by atoms with Gasteiger partial charge in [0.25, 0.3) is 11.8 Å². The summed E-state index contributed by atoms with van der Waals surface area (Å²) in [6, 6.07) is 4.23. The van der Waals surface area contributed by atoms with E-state index >= 15 is 0 Å². The van der Waals surface area contributed by atoms with Gasteiger partial charge in [-0.25, -0.2) is 0 Å². The Morgan fingerprint density at radius 2 is 2.00 bits per heavy atom. The molecule has 0 bridgehead atoms. The van der Waals surface area contributed by atoms with Crippen LogP contribution in [-0.2, 0) is 14.4 Å². The summed E-state index contributed by atoms with van der Waals surface area (Å²) in [4.78, 5) is 43.7. The maximum absolute atomic E-state index is 11.8. The number of Topliss-reactive ketones (excluding diaryl/α,β-unsaturated/α-hetero) is 1. The average Bonchev–Trinajstić information content (AvgIpc) is 2.37. The Kier molecular flexibility index (Phi) is 5.01. The Labute approximate surface area is 113 Å². The van der Waals surface area contributed by atoms with Crippen LogP contribution in [0.4, 0.5) is 5.69 Å². The molecule has 0 aliphatic carbocycles. The third kappa shape index (κ3) is 4.07. The molecule has 0 atom stereocenters. The van der Waals surface area contributed by atoms with E-state index in [1.807, 2.05) is 0 Å². The highest BCUT2D eigenvalue weighted by Crippen LogP contribution is 2.20. The molecule has 0 saturated heterocycles. The minimum absolute atomic E-state index is 0.0665. The summed E-state index contributed by atoms with van der Waals surface area (Å²) in [6.45, 7) is -0.527. The van der Waals surface area contributed by atoms with Crippen LogP contribution >= 0.6 is 11.6 Å². The summed E-state index contributed by atoms with van der Waals surface area (Å²) >= 11 is 5.74. The summed E-state index contributed by atoms with van der Waals surface area (Å²) in [6.07, 6.45) is 0.397. The molecule has 0 aliphatic rings. The van der Waals surface area contributed by atoms with Gasteiger partial charge in [0.1, 0.15) is 0 Å². The van der Waals surface area contributed by atoms with Crippen LogP contribution in [-0.4, -0.2) is 30.6 Å².